The van der Waals surface area contributed by atoms with Crippen molar-refractivity contribution in [1.82, 2.24) is 0 Å². The summed E-state index contributed by atoms with van der Waals surface area (Å²) >= 11 is 0. The van der Waals surface area contributed by atoms with E-state index in [1.165, 1.54) is 44.9 Å². The van der Waals surface area contributed by atoms with Crippen LogP contribution in [0.15, 0.2) is 36.5 Å². The van der Waals surface area contributed by atoms with Crippen LogP contribution in [-0.2, 0) is 0 Å². The summed E-state index contributed by atoms with van der Waals surface area (Å²) in [5.41, 5.74) is 0. The average Bonchev–Trinajstić information content (AvgIpc) is 2.22. The highest BCUT2D eigenvalue weighted by Crippen LogP contribution is 2.08. The van der Waals surface area contributed by atoms with E-state index in [1.54, 1.807) is 0 Å². The van der Waals surface area contributed by atoms with Gasteiger partial charge in [0.05, 0.1) is 0 Å². The van der Waals surface area contributed by atoms with E-state index in [0.717, 1.165) is 6.42 Å². The molecule has 0 heteroatoms. The molecule has 0 nitrogen and oxygen atoms in total. The highest BCUT2D eigenvalue weighted by Gasteiger charge is 1.88. The molecule has 0 heterocycles. The van der Waals surface area contributed by atoms with E-state index in [-0.39, 0.29) is 0 Å². The number of rotatable bonds is 0. The van der Waals surface area contributed by atoms with Crippen molar-refractivity contribution in [1.29, 1.82) is 0 Å². The lowest BCUT2D eigenvalue weighted by atomic mass is 10.1. The molecule has 1 aliphatic rings. The molecule has 0 saturated heterocycles. The minimum absolute atomic E-state index is 1.09. The molecule has 0 unspecified atom stereocenters. The van der Waals surface area contributed by atoms with Crippen LogP contribution in [0.2, 0.25) is 0 Å². The Bertz CT molecular complexity index is 196. The second kappa shape index (κ2) is 8.80. The van der Waals surface area contributed by atoms with Crippen molar-refractivity contribution in [3.63, 3.8) is 0 Å². The van der Waals surface area contributed by atoms with Crippen molar-refractivity contribution in [2.75, 3.05) is 0 Å². The molecular weight excluding hydrogens is 168 g/mol. The quantitative estimate of drug-likeness (QED) is 0.482. The molecule has 0 aromatic rings. The summed E-state index contributed by atoms with van der Waals surface area (Å²) in [6.45, 7) is 0. The first kappa shape index (κ1) is 11.3. The van der Waals surface area contributed by atoms with Crippen molar-refractivity contribution in [3.8, 4) is 0 Å². The standard InChI is InChI=1S/C14H22/c1-2-4-6-8-10-12-14-13-11-9-7-5-3-1/h1-4,7,9H,5-6,8,10-14H2/b3-1-,4-2+,9-7+. The van der Waals surface area contributed by atoms with E-state index in [4.69, 9.17) is 0 Å². The van der Waals surface area contributed by atoms with Gasteiger partial charge in [-0.3, -0.25) is 0 Å². The summed E-state index contributed by atoms with van der Waals surface area (Å²) in [5.74, 6) is 0. The van der Waals surface area contributed by atoms with E-state index in [0.29, 0.717) is 0 Å². The zero-order chi connectivity index (χ0) is 9.90. The minimum atomic E-state index is 1.09. The highest BCUT2D eigenvalue weighted by molar-refractivity contribution is 5.04. The molecule has 0 amide bonds. The maximum atomic E-state index is 2.32. The van der Waals surface area contributed by atoms with Crippen molar-refractivity contribution in [2.24, 2.45) is 0 Å². The van der Waals surface area contributed by atoms with Gasteiger partial charge in [-0.15, -0.1) is 0 Å². The van der Waals surface area contributed by atoms with Crippen LogP contribution in [0, 0.1) is 0 Å². The zero-order valence-electron chi connectivity index (χ0n) is 9.12. The normalized spacial score (nSPS) is 27.4. The van der Waals surface area contributed by atoms with Crippen LogP contribution in [-0.4, -0.2) is 0 Å². The Hall–Kier alpha value is -0.780. The van der Waals surface area contributed by atoms with E-state index in [1.807, 2.05) is 0 Å². The van der Waals surface area contributed by atoms with Crippen LogP contribution in [0.1, 0.15) is 51.4 Å². The lowest BCUT2D eigenvalue weighted by Crippen LogP contribution is -1.78. The van der Waals surface area contributed by atoms with E-state index in [9.17, 15) is 0 Å². The van der Waals surface area contributed by atoms with Gasteiger partial charge in [0.15, 0.2) is 0 Å². The van der Waals surface area contributed by atoms with Gasteiger partial charge < -0.3 is 0 Å². The summed E-state index contributed by atoms with van der Waals surface area (Å²) in [4.78, 5) is 0. The lowest BCUT2D eigenvalue weighted by Gasteiger charge is -1.98. The molecule has 0 aromatic carbocycles. The Morgan fingerprint density at radius 1 is 0.500 bits per heavy atom. The molecule has 1 rings (SSSR count). The predicted molar refractivity (Wildman–Crippen MR) is 64.4 cm³/mol. The minimum Gasteiger partial charge on any atom is -0.0882 e. The molecule has 14 heavy (non-hydrogen) atoms. The SMILES string of the molecule is C1=C\C/C=C/CCCCCCC/C=C/1. The largest absolute Gasteiger partial charge is 0.0882 e. The molecule has 0 N–H and O–H groups in total. The Kier molecular flexibility index (Phi) is 7.10. The number of hydrogen-bond donors (Lipinski definition) is 0. The molecule has 0 saturated carbocycles. The third-order valence-electron chi connectivity index (χ3n) is 2.56. The number of allylic oxidation sites excluding steroid dienone is 6. The summed E-state index contributed by atoms with van der Waals surface area (Å²) in [7, 11) is 0. The third-order valence-corrected chi connectivity index (χ3v) is 2.56. The van der Waals surface area contributed by atoms with Gasteiger partial charge in [-0.05, 0) is 32.1 Å². The average molecular weight is 190 g/mol. The molecule has 0 bridgehead atoms. The van der Waals surface area contributed by atoms with Crippen LogP contribution < -0.4 is 0 Å². The van der Waals surface area contributed by atoms with Gasteiger partial charge in [0.2, 0.25) is 0 Å². The van der Waals surface area contributed by atoms with E-state index < -0.39 is 0 Å². The van der Waals surface area contributed by atoms with Gasteiger partial charge in [-0.25, -0.2) is 0 Å². The summed E-state index contributed by atoms with van der Waals surface area (Å²) in [6, 6.07) is 0. The Morgan fingerprint density at radius 3 is 2.00 bits per heavy atom. The van der Waals surface area contributed by atoms with Crippen molar-refractivity contribution in [2.45, 2.75) is 51.4 Å². The van der Waals surface area contributed by atoms with Crippen LogP contribution >= 0.6 is 0 Å². The van der Waals surface area contributed by atoms with Crippen LogP contribution in [0.4, 0.5) is 0 Å². The fourth-order valence-corrected chi connectivity index (χ4v) is 1.68. The highest BCUT2D eigenvalue weighted by atomic mass is 13.9. The monoisotopic (exact) mass is 190 g/mol. The van der Waals surface area contributed by atoms with Gasteiger partial charge in [0.25, 0.3) is 0 Å². The first-order valence-corrected chi connectivity index (χ1v) is 5.97. The molecule has 0 aromatic heterocycles. The second-order valence-corrected chi connectivity index (χ2v) is 3.91. The molecule has 0 aliphatic heterocycles. The van der Waals surface area contributed by atoms with Gasteiger partial charge in [-0.2, -0.15) is 0 Å². The van der Waals surface area contributed by atoms with E-state index in [2.05, 4.69) is 36.5 Å². The molecule has 0 atom stereocenters. The molecule has 0 spiro atoms. The van der Waals surface area contributed by atoms with Gasteiger partial charge in [0, 0.05) is 0 Å². The molecular formula is C14H22. The Balaban J connectivity index is 2.26. The van der Waals surface area contributed by atoms with Crippen LogP contribution in [0.25, 0.3) is 0 Å². The van der Waals surface area contributed by atoms with Crippen LogP contribution in [0.3, 0.4) is 0 Å². The van der Waals surface area contributed by atoms with Gasteiger partial charge >= 0.3 is 0 Å². The smallest absolute Gasteiger partial charge is 0.0166 e. The van der Waals surface area contributed by atoms with Crippen LogP contribution in [0.5, 0.6) is 0 Å². The lowest BCUT2D eigenvalue weighted by molar-refractivity contribution is 0.621. The fourth-order valence-electron chi connectivity index (χ4n) is 1.68. The Labute approximate surface area is 88.4 Å². The van der Waals surface area contributed by atoms with Gasteiger partial charge in [0.1, 0.15) is 0 Å². The zero-order valence-corrected chi connectivity index (χ0v) is 9.12. The predicted octanol–water partition coefficient (Wildman–Crippen LogP) is 4.79. The van der Waals surface area contributed by atoms with E-state index >= 15 is 0 Å². The van der Waals surface area contributed by atoms with Crippen molar-refractivity contribution >= 4 is 0 Å². The maximum absolute atomic E-state index is 2.32. The van der Waals surface area contributed by atoms with Gasteiger partial charge in [-0.1, -0.05) is 55.7 Å². The topological polar surface area (TPSA) is 0 Å². The molecule has 78 valence electrons. The summed E-state index contributed by atoms with van der Waals surface area (Å²) in [5, 5.41) is 0. The molecule has 1 aliphatic carbocycles. The second-order valence-electron chi connectivity index (χ2n) is 3.91. The molecule has 0 radical (unpaired) electrons. The maximum Gasteiger partial charge on any atom is -0.0166 e. The fraction of sp³-hybridized carbons (Fsp3) is 0.571. The third kappa shape index (κ3) is 6.71. The van der Waals surface area contributed by atoms with Crippen molar-refractivity contribution < 1.29 is 0 Å². The summed E-state index contributed by atoms with van der Waals surface area (Å²) in [6.07, 6.45) is 24.0. The molecule has 0 fully saturated rings. The van der Waals surface area contributed by atoms with Crippen molar-refractivity contribution in [3.05, 3.63) is 36.5 Å². The first-order chi connectivity index (χ1) is 7.00. The Morgan fingerprint density at radius 2 is 1.14 bits per heavy atom. The number of hydrogen-bond acceptors (Lipinski definition) is 0. The summed E-state index contributed by atoms with van der Waals surface area (Å²) < 4.78 is 0. The first-order valence-electron chi connectivity index (χ1n) is 5.97.